The lowest BCUT2D eigenvalue weighted by Crippen LogP contribution is -2.45. The minimum Gasteiger partial charge on any atom is -0.490 e. The molecule has 1 atom stereocenters. The number of carbonyl (C=O) groups is 1. The molecule has 0 aliphatic carbocycles. The molecule has 1 aliphatic heterocycles. The fraction of sp³-hybridized carbons (Fsp3) is 0.500. The van der Waals surface area contributed by atoms with Gasteiger partial charge in [0.1, 0.15) is 17.5 Å². The van der Waals surface area contributed by atoms with Gasteiger partial charge in [0, 0.05) is 32.2 Å². The third-order valence-corrected chi connectivity index (χ3v) is 5.30. The summed E-state index contributed by atoms with van der Waals surface area (Å²) in [7, 11) is 0. The van der Waals surface area contributed by atoms with Crippen LogP contribution in [0, 0.1) is 6.92 Å². The Labute approximate surface area is 172 Å². The number of nitrogens with one attached hydrogen (secondary N) is 1. The molecule has 0 saturated carbocycles. The third kappa shape index (κ3) is 5.57. The fourth-order valence-electron chi connectivity index (χ4n) is 3.05. The zero-order valence-corrected chi connectivity index (χ0v) is 16.9. The van der Waals surface area contributed by atoms with Gasteiger partial charge in [-0.05, 0) is 37.1 Å². The van der Waals surface area contributed by atoms with Crippen molar-refractivity contribution in [3.63, 3.8) is 0 Å². The number of aliphatic hydroxyl groups is 1. The predicted molar refractivity (Wildman–Crippen MR) is 104 cm³/mol. The molecule has 2 heterocycles. The first kappa shape index (κ1) is 20.9. The fourth-order valence-corrected chi connectivity index (χ4v) is 3.33. The van der Waals surface area contributed by atoms with Crippen molar-refractivity contribution in [3.05, 3.63) is 39.6 Å². The molecule has 3 rings (SSSR count). The molecule has 1 aromatic heterocycles. The summed E-state index contributed by atoms with van der Waals surface area (Å²) in [4.78, 5) is 14.1. The van der Waals surface area contributed by atoms with Crippen LogP contribution in [-0.2, 0) is 0 Å². The number of aliphatic hydroxyl groups excluding tert-OH is 1. The summed E-state index contributed by atoms with van der Waals surface area (Å²) in [6.45, 7) is 3.82. The Morgan fingerprint density at radius 1 is 1.36 bits per heavy atom. The highest BCUT2D eigenvalue weighted by molar-refractivity contribution is 6.42. The van der Waals surface area contributed by atoms with Crippen molar-refractivity contribution >= 4 is 29.1 Å². The second-order valence-corrected chi connectivity index (χ2v) is 7.57. The third-order valence-electron chi connectivity index (χ3n) is 4.56. The van der Waals surface area contributed by atoms with Gasteiger partial charge in [0.2, 0.25) is 0 Å². The number of likely N-dealkylation sites (tertiary alicyclic amines) is 1. The summed E-state index contributed by atoms with van der Waals surface area (Å²) in [5.74, 6) is 0.291. The number of benzene rings is 1. The number of carbonyl (C=O) groups excluding carboxylic acids is 1. The minimum absolute atomic E-state index is 0.0907. The van der Waals surface area contributed by atoms with Crippen LogP contribution in [0.5, 0.6) is 5.75 Å². The van der Waals surface area contributed by atoms with Crippen LogP contribution in [0.2, 0.25) is 10.0 Å². The van der Waals surface area contributed by atoms with Gasteiger partial charge in [-0.15, -0.1) is 0 Å². The number of β-amino-alcohol motifs (C(OH)–C–C–N with tert-alkyl or cyclic N) is 1. The van der Waals surface area contributed by atoms with Gasteiger partial charge in [0.25, 0.3) is 5.91 Å². The Morgan fingerprint density at radius 2 is 2.11 bits per heavy atom. The highest BCUT2D eigenvalue weighted by atomic mass is 35.5. The van der Waals surface area contributed by atoms with Crippen LogP contribution < -0.4 is 10.1 Å². The number of halogens is 2. The Balaban J connectivity index is 1.38. The maximum atomic E-state index is 12.0. The van der Waals surface area contributed by atoms with Crippen LogP contribution in [0.15, 0.2) is 22.8 Å². The molecule has 152 valence electrons. The minimum atomic E-state index is -0.684. The summed E-state index contributed by atoms with van der Waals surface area (Å²) in [5.41, 5.74) is 0.545. The van der Waals surface area contributed by atoms with Gasteiger partial charge in [-0.25, -0.2) is 4.63 Å². The highest BCUT2D eigenvalue weighted by Gasteiger charge is 2.23. The maximum absolute atomic E-state index is 12.0. The van der Waals surface area contributed by atoms with E-state index in [1.165, 1.54) is 0 Å². The molecule has 0 spiro atoms. The number of hydrogen-bond donors (Lipinski definition) is 2. The molecule has 1 saturated heterocycles. The predicted octanol–water partition coefficient (Wildman–Crippen LogP) is 2.32. The van der Waals surface area contributed by atoms with Gasteiger partial charge >= 0.3 is 0 Å². The Bertz CT molecular complexity index is 809. The van der Waals surface area contributed by atoms with Crippen LogP contribution in [-0.4, -0.2) is 64.6 Å². The molecule has 1 fully saturated rings. The zero-order valence-electron chi connectivity index (χ0n) is 15.4. The first-order valence-corrected chi connectivity index (χ1v) is 9.77. The van der Waals surface area contributed by atoms with Gasteiger partial charge in [0.05, 0.1) is 16.1 Å². The quantitative estimate of drug-likeness (QED) is 0.697. The van der Waals surface area contributed by atoms with E-state index in [0.29, 0.717) is 28.0 Å². The van der Waals surface area contributed by atoms with E-state index in [1.807, 2.05) is 0 Å². The standard InChI is InChI=1S/C18H22Cl2N4O4/c1-11-17(23-28-22-11)18(26)21-9-12(25)10-24-6-4-13(5-7-24)27-14-2-3-15(19)16(20)8-14/h2-3,8,12-13,25H,4-7,9-10H2,1H3,(H,21,26)/t12-/m1/s1. The first-order valence-electron chi connectivity index (χ1n) is 9.02. The van der Waals surface area contributed by atoms with E-state index in [1.54, 1.807) is 25.1 Å². The summed E-state index contributed by atoms with van der Waals surface area (Å²) < 4.78 is 10.5. The molecule has 1 amide bonds. The maximum Gasteiger partial charge on any atom is 0.275 e. The van der Waals surface area contributed by atoms with Gasteiger partial charge < -0.3 is 20.1 Å². The van der Waals surface area contributed by atoms with Gasteiger partial charge in [-0.3, -0.25) is 4.79 Å². The lowest BCUT2D eigenvalue weighted by molar-refractivity contribution is 0.0592. The number of aromatic nitrogens is 2. The lowest BCUT2D eigenvalue weighted by atomic mass is 10.1. The molecular weight excluding hydrogens is 407 g/mol. The van der Waals surface area contributed by atoms with Crippen molar-refractivity contribution in [1.82, 2.24) is 20.5 Å². The van der Waals surface area contributed by atoms with Crippen molar-refractivity contribution in [2.24, 2.45) is 0 Å². The van der Waals surface area contributed by atoms with E-state index in [2.05, 4.69) is 25.2 Å². The Kier molecular flexibility index (Phi) is 7.12. The molecule has 8 nitrogen and oxygen atoms in total. The molecule has 0 bridgehead atoms. The Morgan fingerprint density at radius 3 is 2.75 bits per heavy atom. The lowest BCUT2D eigenvalue weighted by Gasteiger charge is -2.33. The van der Waals surface area contributed by atoms with Gasteiger partial charge in [0.15, 0.2) is 5.69 Å². The largest absolute Gasteiger partial charge is 0.490 e. The van der Waals surface area contributed by atoms with Crippen LogP contribution in [0.25, 0.3) is 0 Å². The topological polar surface area (TPSA) is 101 Å². The molecule has 1 aromatic carbocycles. The van der Waals surface area contributed by atoms with E-state index in [9.17, 15) is 9.90 Å². The second-order valence-electron chi connectivity index (χ2n) is 6.76. The van der Waals surface area contributed by atoms with Crippen LogP contribution in [0.3, 0.4) is 0 Å². The molecular formula is C18H22Cl2N4O4. The number of piperidine rings is 1. The number of nitrogens with zero attached hydrogens (tertiary/aromatic N) is 3. The van der Waals surface area contributed by atoms with E-state index in [-0.39, 0.29) is 18.3 Å². The average molecular weight is 429 g/mol. The second kappa shape index (κ2) is 9.56. The van der Waals surface area contributed by atoms with Crippen molar-refractivity contribution in [2.45, 2.75) is 32.0 Å². The zero-order chi connectivity index (χ0) is 20.1. The number of hydrogen-bond acceptors (Lipinski definition) is 7. The number of amides is 1. The summed E-state index contributed by atoms with van der Waals surface area (Å²) >= 11 is 11.9. The molecule has 0 unspecified atom stereocenters. The number of ether oxygens (including phenoxy) is 1. The average Bonchev–Trinajstić information content (AvgIpc) is 3.10. The van der Waals surface area contributed by atoms with Crippen LogP contribution >= 0.6 is 23.2 Å². The van der Waals surface area contributed by atoms with Crippen LogP contribution in [0.1, 0.15) is 29.0 Å². The van der Waals surface area contributed by atoms with E-state index >= 15 is 0 Å². The Hall–Kier alpha value is -1.87. The molecule has 0 radical (unpaired) electrons. The molecule has 2 aromatic rings. The van der Waals surface area contributed by atoms with Crippen molar-refractivity contribution in [2.75, 3.05) is 26.2 Å². The molecule has 10 heteroatoms. The van der Waals surface area contributed by atoms with Crippen molar-refractivity contribution in [3.8, 4) is 5.75 Å². The molecule has 2 N–H and O–H groups in total. The summed E-state index contributed by atoms with van der Waals surface area (Å²) in [6.07, 6.45) is 1.08. The molecule has 28 heavy (non-hydrogen) atoms. The smallest absolute Gasteiger partial charge is 0.275 e. The monoisotopic (exact) mass is 428 g/mol. The van der Waals surface area contributed by atoms with E-state index in [4.69, 9.17) is 27.9 Å². The van der Waals surface area contributed by atoms with E-state index in [0.717, 1.165) is 25.9 Å². The number of aryl methyl sites for hydroxylation is 1. The normalized spacial score (nSPS) is 16.7. The summed E-state index contributed by atoms with van der Waals surface area (Å²) in [5, 5.41) is 20.9. The molecule has 1 aliphatic rings. The first-order chi connectivity index (χ1) is 13.4. The number of rotatable bonds is 7. The van der Waals surface area contributed by atoms with Crippen LogP contribution in [0.4, 0.5) is 0 Å². The van der Waals surface area contributed by atoms with Gasteiger partial charge in [-0.1, -0.05) is 28.4 Å². The van der Waals surface area contributed by atoms with E-state index < -0.39 is 12.0 Å². The van der Waals surface area contributed by atoms with Gasteiger partial charge in [-0.2, -0.15) is 0 Å². The van der Waals surface area contributed by atoms with Crippen molar-refractivity contribution in [1.29, 1.82) is 0 Å². The van der Waals surface area contributed by atoms with Crippen molar-refractivity contribution < 1.29 is 19.3 Å². The summed E-state index contributed by atoms with van der Waals surface area (Å²) in [6, 6.07) is 5.24. The SMILES string of the molecule is Cc1nonc1C(=O)NC[C@@H](O)CN1CCC(Oc2ccc(Cl)c(Cl)c2)CC1. The highest BCUT2D eigenvalue weighted by Crippen LogP contribution is 2.28.